The predicted octanol–water partition coefficient (Wildman–Crippen LogP) is -16.4. The molecule has 310 valence electrons. The molecule has 10 aromatic rings. The lowest BCUT2D eigenvalue weighted by Crippen LogP contribution is -2.57. The van der Waals surface area contributed by atoms with Gasteiger partial charge in [-0.05, 0) is 69.1 Å². The highest BCUT2D eigenvalue weighted by molar-refractivity contribution is 8.34. The standard InChI is InChI=1S/C48H51B17N2S/c49-27-25-26-28(50)30(52)33(55)38(60)45(26)66(44(25)37(59)32(54)29(27)51)18-15-16-24-22(17-18)21-13-7-8-14-23(21)67(24)46-39(61)36(58)42(64)48(43(46)65)68(19-9-3-1-4-10-19,20-11-5-2-6-12-20)47-40(62)34(56)31(53)35(57)41(47)63/h1-17H,49-65H2. The van der Waals surface area contributed by atoms with Crippen LogP contribution in [-0.4, -0.2) is 143 Å². The van der Waals surface area contributed by atoms with Crippen molar-refractivity contribution in [3.63, 3.8) is 0 Å². The van der Waals surface area contributed by atoms with Gasteiger partial charge in [0.2, 0.25) is 0 Å². The maximum Gasteiger partial charge on any atom is 0.143 e. The highest BCUT2D eigenvalue weighted by atomic mass is 32.3. The highest BCUT2D eigenvalue weighted by Gasteiger charge is 2.40. The Kier molecular flexibility index (Phi) is 11.5. The zero-order chi connectivity index (χ0) is 48.6. The highest BCUT2D eigenvalue weighted by Crippen LogP contribution is 2.71. The van der Waals surface area contributed by atoms with Gasteiger partial charge >= 0.3 is 0 Å². The van der Waals surface area contributed by atoms with Gasteiger partial charge in [-0.1, -0.05) is 120 Å². The molecule has 2 aromatic heterocycles. The lowest BCUT2D eigenvalue weighted by atomic mass is 9.62. The minimum absolute atomic E-state index is 1.21. The van der Waals surface area contributed by atoms with E-state index in [1.807, 2.05) is 0 Å². The molecule has 0 amide bonds. The molecule has 0 atom stereocenters. The molecule has 0 bridgehead atoms. The van der Waals surface area contributed by atoms with Crippen LogP contribution >= 0.6 is 10.0 Å². The van der Waals surface area contributed by atoms with Crippen LogP contribution in [0, 0.1) is 0 Å². The topological polar surface area (TPSA) is 9.86 Å². The third kappa shape index (κ3) is 6.23. The molecule has 0 N–H and O–H groups in total. The van der Waals surface area contributed by atoms with Gasteiger partial charge in [-0.3, -0.25) is 0 Å². The van der Waals surface area contributed by atoms with Crippen molar-refractivity contribution in [2.75, 3.05) is 0 Å². The summed E-state index contributed by atoms with van der Waals surface area (Å²) in [5.74, 6) is 0. The first-order valence-corrected chi connectivity index (χ1v) is 26.2. The average molecular weight is 872 g/mol. The minimum atomic E-state index is -2.08. The van der Waals surface area contributed by atoms with Gasteiger partial charge in [-0.25, -0.2) is 0 Å². The van der Waals surface area contributed by atoms with Crippen LogP contribution in [0.5, 0.6) is 0 Å². The van der Waals surface area contributed by atoms with Gasteiger partial charge in [-0.2, -0.15) is 0 Å². The molecule has 0 aliphatic rings. The normalized spacial score (nSPS) is 12.2. The fourth-order valence-electron chi connectivity index (χ4n) is 12.4. The lowest BCUT2D eigenvalue weighted by Gasteiger charge is -2.48. The second-order valence-corrected chi connectivity index (χ2v) is 23.2. The third-order valence-electron chi connectivity index (χ3n) is 17.4. The fraction of sp³-hybridized carbons (Fsp3) is 0. The van der Waals surface area contributed by atoms with Crippen LogP contribution in [0.25, 0.3) is 55.0 Å². The Balaban J connectivity index is 1.36. The summed E-state index contributed by atoms with van der Waals surface area (Å²) >= 11 is 0. The summed E-state index contributed by atoms with van der Waals surface area (Å²) in [7, 11) is 37.9. The number of hydrogen-bond donors (Lipinski definition) is 0. The molecule has 0 fully saturated rings. The van der Waals surface area contributed by atoms with Crippen molar-refractivity contribution in [2.45, 2.75) is 19.6 Å². The van der Waals surface area contributed by atoms with Crippen molar-refractivity contribution in [2.24, 2.45) is 0 Å². The van der Waals surface area contributed by atoms with Crippen molar-refractivity contribution in [1.29, 1.82) is 0 Å². The molecule has 68 heavy (non-hydrogen) atoms. The van der Waals surface area contributed by atoms with E-state index in [0.29, 0.717) is 0 Å². The van der Waals surface area contributed by atoms with Crippen LogP contribution in [0.2, 0.25) is 0 Å². The Labute approximate surface area is 420 Å². The van der Waals surface area contributed by atoms with Gasteiger partial charge < -0.3 is 9.13 Å². The van der Waals surface area contributed by atoms with E-state index in [9.17, 15) is 0 Å². The van der Waals surface area contributed by atoms with Crippen LogP contribution in [0.4, 0.5) is 0 Å². The van der Waals surface area contributed by atoms with E-state index in [4.69, 9.17) is 0 Å². The molecule has 0 spiro atoms. The van der Waals surface area contributed by atoms with Gasteiger partial charge in [0.25, 0.3) is 0 Å². The van der Waals surface area contributed by atoms with Crippen LogP contribution in [0.1, 0.15) is 0 Å². The summed E-state index contributed by atoms with van der Waals surface area (Å²) in [6.07, 6.45) is 0. The maximum absolute atomic E-state index is 2.62. The first-order chi connectivity index (χ1) is 32.4. The second-order valence-electron chi connectivity index (χ2n) is 20.2. The first-order valence-electron chi connectivity index (χ1n) is 24.5. The SMILES string of the molecule is Bc1c(B)c(B)c(S(c2ccccc2)(c2ccccc2)c2c(B)c(B)c(B)c(-n3c4ccccc4c4cc(-n5c6c(B)c(B)c(B)c(B)c6c6c(B)c(B)c(B)c(B)c65)ccc43)c2B)c(B)c1B. The number of rotatable bonds is 6. The number of para-hydroxylation sites is 1. The van der Waals surface area contributed by atoms with Gasteiger partial charge in [-0.15, -0.1) is 37.3 Å². The summed E-state index contributed by atoms with van der Waals surface area (Å²) in [6, 6.07) is 39.5. The molecule has 0 radical (unpaired) electrons. The summed E-state index contributed by atoms with van der Waals surface area (Å²) in [5.41, 5.74) is 31.0. The van der Waals surface area contributed by atoms with Crippen LogP contribution < -0.4 is 92.9 Å². The van der Waals surface area contributed by atoms with Crippen molar-refractivity contribution in [3.8, 4) is 11.4 Å². The first kappa shape index (κ1) is 46.5. The molecular weight excluding hydrogens is 820 g/mol. The molecule has 8 aromatic carbocycles. The molecular formula is C48H51B17N2S. The predicted molar refractivity (Wildman–Crippen MR) is 354 cm³/mol. The average Bonchev–Trinajstić information content (AvgIpc) is 3.88. The molecule has 0 saturated carbocycles. The van der Waals surface area contributed by atoms with Crippen molar-refractivity contribution >= 4 is 280 Å². The Morgan fingerprint density at radius 3 is 1.18 bits per heavy atom. The molecule has 2 heterocycles. The molecule has 0 saturated heterocycles. The lowest BCUT2D eigenvalue weighted by molar-refractivity contribution is 1.18. The van der Waals surface area contributed by atoms with Crippen LogP contribution in [0.3, 0.4) is 0 Å². The number of nitrogens with zero attached hydrogens (tertiary/aromatic N) is 2. The van der Waals surface area contributed by atoms with Gasteiger partial charge in [0.15, 0.2) is 0 Å². The van der Waals surface area contributed by atoms with Crippen LogP contribution in [-0.2, 0) is 0 Å². The minimum Gasteiger partial charge on any atom is -0.310 e. The summed E-state index contributed by atoms with van der Waals surface area (Å²) in [4.78, 5) is 5.65. The summed E-state index contributed by atoms with van der Waals surface area (Å²) in [6.45, 7) is 0. The van der Waals surface area contributed by atoms with E-state index in [-0.39, 0.29) is 0 Å². The molecule has 10 rings (SSSR count). The van der Waals surface area contributed by atoms with E-state index in [1.165, 1.54) is 167 Å². The Bertz CT molecular complexity index is 3690. The zero-order valence-electron chi connectivity index (χ0n) is 43.6. The largest absolute Gasteiger partial charge is 0.310 e. The number of aromatic nitrogens is 2. The van der Waals surface area contributed by atoms with Crippen molar-refractivity contribution in [1.82, 2.24) is 9.13 Å². The smallest absolute Gasteiger partial charge is 0.143 e. The summed E-state index contributed by atoms with van der Waals surface area (Å²) < 4.78 is 5.25. The molecule has 20 heteroatoms. The Hall–Kier alpha value is -5.19. The summed E-state index contributed by atoms with van der Waals surface area (Å²) in [5, 5.41) is 5.33. The van der Waals surface area contributed by atoms with E-state index >= 15 is 0 Å². The number of benzene rings is 8. The molecule has 0 aliphatic carbocycles. The molecule has 2 nitrogen and oxygen atoms in total. The second kappa shape index (κ2) is 16.8. The van der Waals surface area contributed by atoms with Gasteiger partial charge in [0, 0.05) is 43.0 Å². The zero-order valence-corrected chi connectivity index (χ0v) is 44.4. The van der Waals surface area contributed by atoms with Gasteiger partial charge in [0.1, 0.15) is 133 Å². The maximum atomic E-state index is 2.62. The monoisotopic (exact) mass is 875 g/mol. The fourth-order valence-corrected chi connectivity index (χ4v) is 17.4. The number of fused-ring (bicyclic) bond motifs is 6. The van der Waals surface area contributed by atoms with Gasteiger partial charge in [0.05, 0.1) is 11.0 Å². The van der Waals surface area contributed by atoms with Crippen molar-refractivity contribution in [3.05, 3.63) is 103 Å². The van der Waals surface area contributed by atoms with E-state index in [2.05, 4.69) is 246 Å². The molecule has 0 aliphatic heterocycles. The Morgan fingerprint density at radius 1 is 0.294 bits per heavy atom. The van der Waals surface area contributed by atoms with E-state index in [1.54, 1.807) is 0 Å². The molecule has 0 unspecified atom stereocenters. The van der Waals surface area contributed by atoms with Crippen LogP contribution in [0.15, 0.2) is 123 Å². The quantitative estimate of drug-likeness (QED) is 0.147. The Morgan fingerprint density at radius 2 is 0.676 bits per heavy atom. The number of hydrogen-bond acceptors (Lipinski definition) is 0. The van der Waals surface area contributed by atoms with Crippen molar-refractivity contribution < 1.29 is 0 Å². The van der Waals surface area contributed by atoms with E-state index < -0.39 is 10.0 Å². The third-order valence-corrected chi connectivity index (χ3v) is 21.8. The van der Waals surface area contributed by atoms with E-state index in [0.717, 1.165) is 0 Å².